The topological polar surface area (TPSA) is 76.7 Å². The zero-order valence-corrected chi connectivity index (χ0v) is 17.7. The third-order valence-electron chi connectivity index (χ3n) is 4.77. The van der Waals surface area contributed by atoms with Gasteiger partial charge in [-0.25, -0.2) is 4.39 Å². The highest BCUT2D eigenvalue weighted by Gasteiger charge is 2.21. The monoisotopic (exact) mass is 426 g/mol. The number of hydrogen-bond donors (Lipinski definition) is 2. The van der Waals surface area contributed by atoms with Crippen molar-refractivity contribution in [3.8, 4) is 11.5 Å². The summed E-state index contributed by atoms with van der Waals surface area (Å²) < 4.78 is 24.4. The maximum Gasteiger partial charge on any atom is 0.244 e. The van der Waals surface area contributed by atoms with Gasteiger partial charge in [0.05, 0.1) is 13.0 Å². The summed E-state index contributed by atoms with van der Waals surface area (Å²) in [5, 5.41) is 5.45. The smallest absolute Gasteiger partial charge is 0.244 e. The lowest BCUT2D eigenvalue weighted by Crippen LogP contribution is -2.34. The summed E-state index contributed by atoms with van der Waals surface area (Å²) in [6.45, 7) is 5.05. The SMILES string of the molecule is CCOc1cc2c(cc1/C=C/C(=O)NCCNC(=O)Cc1ccc(F)cc1)OC(C)C2. The van der Waals surface area contributed by atoms with E-state index in [9.17, 15) is 14.0 Å². The van der Waals surface area contributed by atoms with E-state index in [1.54, 1.807) is 18.2 Å². The largest absolute Gasteiger partial charge is 0.493 e. The Morgan fingerprint density at radius 3 is 2.68 bits per heavy atom. The van der Waals surface area contributed by atoms with Gasteiger partial charge in [-0.05, 0) is 49.8 Å². The lowest BCUT2D eigenvalue weighted by Gasteiger charge is -2.10. The molecular formula is C24H27FN2O4. The maximum absolute atomic E-state index is 12.9. The second-order valence-electron chi connectivity index (χ2n) is 7.34. The van der Waals surface area contributed by atoms with E-state index in [-0.39, 0.29) is 30.2 Å². The number of nitrogens with one attached hydrogen (secondary N) is 2. The van der Waals surface area contributed by atoms with E-state index in [0.29, 0.717) is 19.7 Å². The first-order valence-electron chi connectivity index (χ1n) is 10.4. The van der Waals surface area contributed by atoms with Gasteiger partial charge in [0.15, 0.2) is 0 Å². The quantitative estimate of drug-likeness (QED) is 0.477. The molecule has 31 heavy (non-hydrogen) atoms. The number of rotatable bonds is 9. The lowest BCUT2D eigenvalue weighted by molar-refractivity contribution is -0.121. The number of ether oxygens (including phenoxy) is 2. The first kappa shape index (κ1) is 22.3. The predicted molar refractivity (Wildman–Crippen MR) is 117 cm³/mol. The van der Waals surface area contributed by atoms with Gasteiger partial charge >= 0.3 is 0 Å². The summed E-state index contributed by atoms with van der Waals surface area (Å²) >= 11 is 0. The molecule has 164 valence electrons. The molecule has 1 aliphatic rings. The highest BCUT2D eigenvalue weighted by atomic mass is 19.1. The van der Waals surface area contributed by atoms with Gasteiger partial charge in [-0.1, -0.05) is 12.1 Å². The van der Waals surface area contributed by atoms with Crippen LogP contribution in [0.25, 0.3) is 6.08 Å². The van der Waals surface area contributed by atoms with E-state index in [1.165, 1.54) is 18.2 Å². The molecule has 0 aromatic heterocycles. The number of carbonyl (C=O) groups excluding carboxylic acids is 2. The average Bonchev–Trinajstić information content (AvgIpc) is 3.10. The Bertz CT molecular complexity index is 957. The van der Waals surface area contributed by atoms with Crippen molar-refractivity contribution in [2.24, 2.45) is 0 Å². The molecule has 0 spiro atoms. The van der Waals surface area contributed by atoms with Crippen LogP contribution >= 0.6 is 0 Å². The van der Waals surface area contributed by atoms with E-state index in [2.05, 4.69) is 10.6 Å². The third-order valence-corrected chi connectivity index (χ3v) is 4.77. The fourth-order valence-electron chi connectivity index (χ4n) is 3.33. The Morgan fingerprint density at radius 1 is 1.19 bits per heavy atom. The highest BCUT2D eigenvalue weighted by molar-refractivity contribution is 5.92. The third kappa shape index (κ3) is 6.57. The van der Waals surface area contributed by atoms with Crippen molar-refractivity contribution >= 4 is 17.9 Å². The summed E-state index contributed by atoms with van der Waals surface area (Å²) in [6.07, 6.45) is 4.26. The number of benzene rings is 2. The van der Waals surface area contributed by atoms with Crippen molar-refractivity contribution < 1.29 is 23.5 Å². The standard InChI is InChI=1S/C24H27FN2O4/c1-3-30-21-15-19-12-16(2)31-22(19)14-18(21)6-9-23(28)26-10-11-27-24(29)13-17-4-7-20(25)8-5-17/h4-9,14-16H,3,10-13H2,1-2H3,(H,26,28)(H,27,29)/b9-6+. The van der Waals surface area contributed by atoms with Crippen LogP contribution in [0.2, 0.25) is 0 Å². The van der Waals surface area contributed by atoms with Crippen LogP contribution < -0.4 is 20.1 Å². The van der Waals surface area contributed by atoms with E-state index in [1.807, 2.05) is 26.0 Å². The fourth-order valence-corrected chi connectivity index (χ4v) is 3.33. The molecule has 0 aliphatic carbocycles. The number of carbonyl (C=O) groups is 2. The minimum atomic E-state index is -0.338. The van der Waals surface area contributed by atoms with Gasteiger partial charge in [-0.15, -0.1) is 0 Å². The Balaban J connectivity index is 1.46. The van der Waals surface area contributed by atoms with Crippen LogP contribution in [0.5, 0.6) is 11.5 Å². The molecule has 0 radical (unpaired) electrons. The van der Waals surface area contributed by atoms with Gasteiger partial charge in [0.25, 0.3) is 0 Å². The molecule has 1 heterocycles. The van der Waals surface area contributed by atoms with Crippen LogP contribution in [-0.4, -0.2) is 37.6 Å². The summed E-state index contributed by atoms with van der Waals surface area (Å²) in [7, 11) is 0. The first-order chi connectivity index (χ1) is 14.9. The molecule has 3 rings (SSSR count). The number of fused-ring (bicyclic) bond motifs is 1. The molecule has 0 fully saturated rings. The zero-order valence-electron chi connectivity index (χ0n) is 17.7. The van der Waals surface area contributed by atoms with Crippen molar-refractivity contribution in [2.45, 2.75) is 32.8 Å². The molecule has 2 amide bonds. The van der Waals surface area contributed by atoms with Crippen molar-refractivity contribution in [3.63, 3.8) is 0 Å². The summed E-state index contributed by atoms with van der Waals surface area (Å²) in [5.74, 6) is 0.737. The fraction of sp³-hybridized carbons (Fsp3) is 0.333. The van der Waals surface area contributed by atoms with Crippen LogP contribution in [-0.2, 0) is 22.4 Å². The molecule has 0 bridgehead atoms. The van der Waals surface area contributed by atoms with Crippen molar-refractivity contribution in [2.75, 3.05) is 19.7 Å². The van der Waals surface area contributed by atoms with Crippen LogP contribution in [0.3, 0.4) is 0 Å². The molecule has 2 aromatic carbocycles. The first-order valence-corrected chi connectivity index (χ1v) is 10.4. The lowest BCUT2D eigenvalue weighted by atomic mass is 10.1. The Labute approximate surface area is 181 Å². The number of amides is 2. The van der Waals surface area contributed by atoms with Gasteiger partial charge in [0.1, 0.15) is 23.4 Å². The zero-order chi connectivity index (χ0) is 22.2. The molecule has 2 N–H and O–H groups in total. The summed E-state index contributed by atoms with van der Waals surface area (Å²) in [4.78, 5) is 24.0. The predicted octanol–water partition coefficient (Wildman–Crippen LogP) is 3.04. The van der Waals surface area contributed by atoms with Gasteiger partial charge in [-0.2, -0.15) is 0 Å². The van der Waals surface area contributed by atoms with E-state index >= 15 is 0 Å². The Hall–Kier alpha value is -3.35. The van der Waals surface area contributed by atoms with Gasteiger partial charge in [-0.3, -0.25) is 9.59 Å². The van der Waals surface area contributed by atoms with Crippen molar-refractivity contribution in [1.82, 2.24) is 10.6 Å². The molecule has 6 nitrogen and oxygen atoms in total. The Morgan fingerprint density at radius 2 is 1.94 bits per heavy atom. The minimum absolute atomic E-state index is 0.130. The van der Waals surface area contributed by atoms with Crippen LogP contribution in [0.1, 0.15) is 30.5 Å². The second kappa shape index (κ2) is 10.6. The number of halogens is 1. The maximum atomic E-state index is 12.9. The van der Waals surface area contributed by atoms with Gasteiger partial charge < -0.3 is 20.1 Å². The molecular weight excluding hydrogens is 399 g/mol. The molecule has 2 aromatic rings. The van der Waals surface area contributed by atoms with E-state index in [4.69, 9.17) is 9.47 Å². The van der Waals surface area contributed by atoms with Gasteiger partial charge in [0.2, 0.25) is 11.8 Å². The normalized spacial score (nSPS) is 14.7. The summed E-state index contributed by atoms with van der Waals surface area (Å²) in [6, 6.07) is 9.64. The second-order valence-corrected chi connectivity index (χ2v) is 7.34. The number of hydrogen-bond acceptors (Lipinski definition) is 4. The van der Waals surface area contributed by atoms with Crippen LogP contribution in [0.4, 0.5) is 4.39 Å². The van der Waals surface area contributed by atoms with Crippen LogP contribution in [0, 0.1) is 5.82 Å². The van der Waals surface area contributed by atoms with Crippen molar-refractivity contribution in [1.29, 1.82) is 0 Å². The van der Waals surface area contributed by atoms with E-state index < -0.39 is 0 Å². The Kier molecular flexibility index (Phi) is 7.65. The molecule has 1 atom stereocenters. The molecule has 0 saturated carbocycles. The van der Waals surface area contributed by atoms with Crippen LogP contribution in [0.15, 0.2) is 42.5 Å². The average molecular weight is 426 g/mol. The molecule has 1 aliphatic heterocycles. The van der Waals surface area contributed by atoms with E-state index in [0.717, 1.165) is 34.6 Å². The molecule has 7 heteroatoms. The summed E-state index contributed by atoms with van der Waals surface area (Å²) in [5.41, 5.74) is 2.61. The highest BCUT2D eigenvalue weighted by Crippen LogP contribution is 2.35. The molecule has 0 saturated heterocycles. The molecule has 1 unspecified atom stereocenters. The minimum Gasteiger partial charge on any atom is -0.493 e. The van der Waals surface area contributed by atoms with Gasteiger partial charge in [0, 0.05) is 36.7 Å². The van der Waals surface area contributed by atoms with Crippen molar-refractivity contribution in [3.05, 3.63) is 65.0 Å².